The van der Waals surface area contributed by atoms with Crippen molar-refractivity contribution in [2.75, 3.05) is 11.5 Å². The first-order chi connectivity index (χ1) is 16.0. The maximum absolute atomic E-state index is 12.8. The molecule has 0 radical (unpaired) electrons. The first-order valence-corrected chi connectivity index (χ1v) is 12.4. The van der Waals surface area contributed by atoms with Gasteiger partial charge >= 0.3 is 5.97 Å². The van der Waals surface area contributed by atoms with Crippen LogP contribution in [0.4, 0.5) is 5.69 Å². The Hall–Kier alpha value is -2.66. The maximum atomic E-state index is 12.8. The molecule has 5 nitrogen and oxygen atoms in total. The van der Waals surface area contributed by atoms with Gasteiger partial charge in [0.05, 0.1) is 29.0 Å². The molecule has 0 N–H and O–H groups in total. The highest BCUT2D eigenvalue weighted by molar-refractivity contribution is 6.35. The van der Waals surface area contributed by atoms with Gasteiger partial charge in [0.25, 0.3) is 11.8 Å². The number of rotatable bonds is 13. The minimum atomic E-state index is -0.473. The average Bonchev–Trinajstić information content (AvgIpc) is 3.07. The highest BCUT2D eigenvalue weighted by atomic mass is 35.5. The van der Waals surface area contributed by atoms with Gasteiger partial charge in [0.15, 0.2) is 0 Å². The van der Waals surface area contributed by atoms with Crippen molar-refractivity contribution in [2.24, 2.45) is 0 Å². The topological polar surface area (TPSA) is 63.7 Å². The number of benzene rings is 2. The summed E-state index contributed by atoms with van der Waals surface area (Å²) in [6, 6.07) is 11.0. The smallest absolute Gasteiger partial charge is 0.338 e. The number of carbonyl (C=O) groups is 3. The largest absolute Gasteiger partial charge is 0.462 e. The van der Waals surface area contributed by atoms with Crippen molar-refractivity contribution in [1.82, 2.24) is 0 Å². The van der Waals surface area contributed by atoms with Crippen LogP contribution in [0.1, 0.15) is 102 Å². The van der Waals surface area contributed by atoms with Crippen molar-refractivity contribution in [3.63, 3.8) is 0 Å². The zero-order valence-electron chi connectivity index (χ0n) is 19.3. The Labute approximate surface area is 201 Å². The SMILES string of the molecule is CCCCCCCCCCCCOC(=O)c1ccc2c(c1)C(=O)N(c1ccc(Cl)cc1)C2=O. The standard InChI is InChI=1S/C27H32ClNO4/c1-2-3-4-5-6-7-8-9-10-11-18-33-27(32)20-12-17-23-24(19-20)26(31)29(25(23)30)22-15-13-21(28)14-16-22/h12-17,19H,2-11,18H2,1H3. The van der Waals surface area contributed by atoms with E-state index in [4.69, 9.17) is 16.3 Å². The summed E-state index contributed by atoms with van der Waals surface area (Å²) in [5.74, 6) is -1.34. The van der Waals surface area contributed by atoms with E-state index in [1.807, 2.05) is 0 Å². The first-order valence-electron chi connectivity index (χ1n) is 12.0. The van der Waals surface area contributed by atoms with Gasteiger partial charge in [0.2, 0.25) is 0 Å². The number of hydrogen-bond donors (Lipinski definition) is 0. The minimum Gasteiger partial charge on any atom is -0.462 e. The van der Waals surface area contributed by atoms with Crippen LogP contribution < -0.4 is 4.90 Å². The number of amides is 2. The number of carbonyl (C=O) groups excluding carboxylic acids is 3. The van der Waals surface area contributed by atoms with Crippen molar-refractivity contribution < 1.29 is 19.1 Å². The van der Waals surface area contributed by atoms with Crippen LogP contribution >= 0.6 is 11.6 Å². The van der Waals surface area contributed by atoms with Crippen molar-refractivity contribution in [1.29, 1.82) is 0 Å². The zero-order valence-corrected chi connectivity index (χ0v) is 20.0. The lowest BCUT2D eigenvalue weighted by Crippen LogP contribution is -2.29. The van der Waals surface area contributed by atoms with E-state index in [0.29, 0.717) is 17.3 Å². The van der Waals surface area contributed by atoms with Gasteiger partial charge in [-0.2, -0.15) is 0 Å². The quantitative estimate of drug-likeness (QED) is 0.176. The fourth-order valence-electron chi connectivity index (χ4n) is 4.03. The Morgan fingerprint density at radius 2 is 1.36 bits per heavy atom. The predicted molar refractivity (Wildman–Crippen MR) is 131 cm³/mol. The summed E-state index contributed by atoms with van der Waals surface area (Å²) in [7, 11) is 0. The second-order valence-corrected chi connectivity index (χ2v) is 8.94. The van der Waals surface area contributed by atoms with E-state index >= 15 is 0 Å². The molecule has 2 aromatic rings. The molecular formula is C27H32ClNO4. The Morgan fingerprint density at radius 1 is 0.788 bits per heavy atom. The lowest BCUT2D eigenvalue weighted by Gasteiger charge is -2.13. The van der Waals surface area contributed by atoms with E-state index in [1.54, 1.807) is 24.3 Å². The molecule has 0 aromatic heterocycles. The summed E-state index contributed by atoms with van der Waals surface area (Å²) >= 11 is 5.90. The molecule has 0 bridgehead atoms. The van der Waals surface area contributed by atoms with Crippen LogP contribution in [0.3, 0.4) is 0 Å². The summed E-state index contributed by atoms with van der Waals surface area (Å²) in [5.41, 5.74) is 1.21. The van der Waals surface area contributed by atoms with Gasteiger partial charge < -0.3 is 4.74 Å². The molecule has 3 rings (SSSR count). The molecule has 0 saturated heterocycles. The molecule has 6 heteroatoms. The summed E-state index contributed by atoms with van der Waals surface area (Å²) in [5, 5.41) is 0.516. The number of anilines is 1. The molecule has 33 heavy (non-hydrogen) atoms. The van der Waals surface area contributed by atoms with Gasteiger partial charge in [-0.05, 0) is 48.9 Å². The molecular weight excluding hydrogens is 438 g/mol. The Morgan fingerprint density at radius 3 is 2.00 bits per heavy atom. The molecule has 0 unspecified atom stereocenters. The van der Waals surface area contributed by atoms with Gasteiger partial charge in [0.1, 0.15) is 0 Å². The molecule has 2 aromatic carbocycles. The Kier molecular flexibility index (Phi) is 9.49. The monoisotopic (exact) mass is 469 g/mol. The van der Waals surface area contributed by atoms with Crippen molar-refractivity contribution in [3.05, 3.63) is 64.2 Å². The van der Waals surface area contributed by atoms with Crippen molar-refractivity contribution in [2.45, 2.75) is 71.1 Å². The van der Waals surface area contributed by atoms with E-state index < -0.39 is 17.8 Å². The van der Waals surface area contributed by atoms with Crippen molar-refractivity contribution >= 4 is 35.1 Å². The molecule has 2 amide bonds. The van der Waals surface area contributed by atoms with Crippen molar-refractivity contribution in [3.8, 4) is 0 Å². The van der Waals surface area contributed by atoms with Gasteiger partial charge in [-0.1, -0.05) is 76.3 Å². The van der Waals surface area contributed by atoms with Gasteiger partial charge in [-0.15, -0.1) is 0 Å². The van der Waals surface area contributed by atoms with Crippen LogP contribution in [0.25, 0.3) is 0 Å². The third kappa shape index (κ3) is 6.67. The zero-order chi connectivity index (χ0) is 23.6. The number of esters is 1. The third-order valence-electron chi connectivity index (χ3n) is 5.94. The van der Waals surface area contributed by atoms with Crippen LogP contribution in [-0.2, 0) is 4.74 Å². The normalized spacial score (nSPS) is 12.8. The van der Waals surface area contributed by atoms with E-state index in [9.17, 15) is 14.4 Å². The number of nitrogens with zero attached hydrogens (tertiary/aromatic N) is 1. The summed E-state index contributed by atoms with van der Waals surface area (Å²) < 4.78 is 5.38. The maximum Gasteiger partial charge on any atom is 0.338 e. The minimum absolute atomic E-state index is 0.211. The molecule has 0 saturated carbocycles. The Bertz CT molecular complexity index is 971. The average molecular weight is 470 g/mol. The molecule has 0 spiro atoms. The van der Waals surface area contributed by atoms with Gasteiger partial charge in [-0.3, -0.25) is 9.59 Å². The number of fused-ring (bicyclic) bond motifs is 1. The summed E-state index contributed by atoms with van der Waals surface area (Å²) in [4.78, 5) is 39.1. The van der Waals surface area contributed by atoms with Crippen LogP contribution in [-0.4, -0.2) is 24.4 Å². The number of halogens is 1. The number of unbranched alkanes of at least 4 members (excludes halogenated alkanes) is 9. The lowest BCUT2D eigenvalue weighted by atomic mass is 10.1. The molecule has 1 heterocycles. The van der Waals surface area contributed by atoms with E-state index in [1.165, 1.54) is 63.1 Å². The number of imide groups is 1. The number of ether oxygens (including phenoxy) is 1. The third-order valence-corrected chi connectivity index (χ3v) is 6.19. The van der Waals surface area contributed by atoms with Gasteiger partial charge in [0, 0.05) is 5.02 Å². The molecule has 0 fully saturated rings. The highest BCUT2D eigenvalue weighted by Gasteiger charge is 2.37. The first kappa shape index (κ1) is 25.0. The molecule has 0 aliphatic carbocycles. The van der Waals surface area contributed by atoms with Crippen LogP contribution in [0.5, 0.6) is 0 Å². The van der Waals surface area contributed by atoms with Gasteiger partial charge in [-0.25, -0.2) is 9.69 Å². The predicted octanol–water partition coefficient (Wildman–Crippen LogP) is 7.22. The number of hydrogen-bond acceptors (Lipinski definition) is 4. The molecule has 1 aliphatic heterocycles. The highest BCUT2D eigenvalue weighted by Crippen LogP contribution is 2.30. The van der Waals surface area contributed by atoms with Crippen LogP contribution in [0.2, 0.25) is 5.02 Å². The van der Waals surface area contributed by atoms with E-state index in [-0.39, 0.29) is 16.7 Å². The van der Waals surface area contributed by atoms with Crippen LogP contribution in [0, 0.1) is 0 Å². The molecule has 1 aliphatic rings. The van der Waals surface area contributed by atoms with E-state index in [2.05, 4.69) is 6.92 Å². The van der Waals surface area contributed by atoms with E-state index in [0.717, 1.165) is 24.2 Å². The second kappa shape index (κ2) is 12.5. The van der Waals surface area contributed by atoms with Crippen LogP contribution in [0.15, 0.2) is 42.5 Å². The second-order valence-electron chi connectivity index (χ2n) is 8.50. The summed E-state index contributed by atoms with van der Waals surface area (Å²) in [6.07, 6.45) is 12.1. The summed E-state index contributed by atoms with van der Waals surface area (Å²) in [6.45, 7) is 2.59. The molecule has 0 atom stereocenters. The fraction of sp³-hybridized carbons (Fsp3) is 0.444. The fourth-order valence-corrected chi connectivity index (χ4v) is 4.16. The molecule has 176 valence electrons. The Balaban J connectivity index is 1.44. The lowest BCUT2D eigenvalue weighted by molar-refractivity contribution is 0.0497.